The van der Waals surface area contributed by atoms with Crippen LogP contribution in [-0.4, -0.2) is 50.5 Å². The smallest absolute Gasteiger partial charge is 0.337 e. The molecule has 0 bridgehead atoms. The Morgan fingerprint density at radius 3 is 2.40 bits per heavy atom. The SMILES string of the molecule is COC(=O)c1ccc(N2C(=O)NC(=O)/C(=C\c3ccc(OC)cc3OCC(=O)Nc3cccc(C)c3)C2=O)cc1. The number of amides is 5. The second-order valence-electron chi connectivity index (χ2n) is 8.61. The van der Waals surface area contributed by atoms with Gasteiger partial charge < -0.3 is 19.5 Å². The van der Waals surface area contributed by atoms with Crippen molar-refractivity contribution in [1.82, 2.24) is 5.32 Å². The van der Waals surface area contributed by atoms with Gasteiger partial charge in [0.1, 0.15) is 17.1 Å². The van der Waals surface area contributed by atoms with E-state index in [2.05, 4.69) is 15.4 Å². The van der Waals surface area contributed by atoms with E-state index in [4.69, 9.17) is 9.47 Å². The lowest BCUT2D eigenvalue weighted by Crippen LogP contribution is -2.54. The molecule has 0 atom stereocenters. The lowest BCUT2D eigenvalue weighted by Gasteiger charge is -2.26. The van der Waals surface area contributed by atoms with Crippen molar-refractivity contribution >= 4 is 47.2 Å². The standard InChI is InChI=1S/C29H25N3O8/c1-17-5-4-6-20(13-17)30-25(33)16-40-24-15-22(38-2)12-9-19(24)14-23-26(34)31-29(37)32(27(23)35)21-10-7-18(8-11-21)28(36)39-3/h4-15H,16H2,1-3H3,(H,30,33)(H,31,34,37)/b23-14+. The second-order valence-corrected chi connectivity index (χ2v) is 8.61. The summed E-state index contributed by atoms with van der Waals surface area (Å²) < 4.78 is 15.6. The fourth-order valence-corrected chi connectivity index (χ4v) is 3.86. The Hall–Kier alpha value is -5.45. The Labute approximate surface area is 229 Å². The summed E-state index contributed by atoms with van der Waals surface area (Å²) in [5, 5.41) is 4.88. The van der Waals surface area contributed by atoms with Crippen molar-refractivity contribution in [3.63, 3.8) is 0 Å². The van der Waals surface area contributed by atoms with E-state index in [0.29, 0.717) is 11.4 Å². The summed E-state index contributed by atoms with van der Waals surface area (Å²) in [7, 11) is 2.68. The number of carbonyl (C=O) groups excluding carboxylic acids is 5. The number of nitrogens with one attached hydrogen (secondary N) is 2. The third-order valence-electron chi connectivity index (χ3n) is 5.83. The molecule has 204 valence electrons. The third-order valence-corrected chi connectivity index (χ3v) is 5.83. The van der Waals surface area contributed by atoms with Crippen LogP contribution in [0.15, 0.2) is 72.3 Å². The first-order chi connectivity index (χ1) is 19.2. The Morgan fingerprint density at radius 2 is 1.73 bits per heavy atom. The maximum absolute atomic E-state index is 13.3. The molecule has 3 aromatic carbocycles. The maximum atomic E-state index is 13.3. The number of methoxy groups -OCH3 is 2. The number of benzene rings is 3. The number of rotatable bonds is 8. The molecule has 1 fully saturated rings. The van der Waals surface area contributed by atoms with Crippen molar-refractivity contribution in [1.29, 1.82) is 0 Å². The van der Waals surface area contributed by atoms with E-state index in [1.165, 1.54) is 50.6 Å². The first-order valence-electron chi connectivity index (χ1n) is 12.0. The highest BCUT2D eigenvalue weighted by atomic mass is 16.5. The number of urea groups is 1. The van der Waals surface area contributed by atoms with Gasteiger partial charge in [-0.1, -0.05) is 12.1 Å². The lowest BCUT2D eigenvalue weighted by molar-refractivity contribution is -0.122. The highest BCUT2D eigenvalue weighted by Crippen LogP contribution is 2.29. The number of barbiturate groups is 1. The van der Waals surface area contributed by atoms with Crippen LogP contribution in [0, 0.1) is 6.92 Å². The molecule has 11 heteroatoms. The molecular formula is C29H25N3O8. The first kappa shape index (κ1) is 27.6. The number of carbonyl (C=O) groups is 5. The van der Waals surface area contributed by atoms with Crippen LogP contribution in [0.25, 0.3) is 6.08 Å². The predicted octanol–water partition coefficient (Wildman–Crippen LogP) is 3.47. The van der Waals surface area contributed by atoms with Gasteiger partial charge in [0.2, 0.25) is 0 Å². The van der Waals surface area contributed by atoms with Crippen molar-refractivity contribution in [2.45, 2.75) is 6.92 Å². The van der Waals surface area contributed by atoms with Gasteiger partial charge in [0, 0.05) is 17.3 Å². The fourth-order valence-electron chi connectivity index (χ4n) is 3.86. The molecule has 1 saturated heterocycles. The summed E-state index contributed by atoms with van der Waals surface area (Å²) in [6.07, 6.45) is 1.26. The molecule has 1 aliphatic rings. The van der Waals surface area contributed by atoms with E-state index >= 15 is 0 Å². The summed E-state index contributed by atoms with van der Waals surface area (Å²) in [5.74, 6) is -2.23. The largest absolute Gasteiger partial charge is 0.497 e. The molecule has 1 heterocycles. The summed E-state index contributed by atoms with van der Waals surface area (Å²) in [6, 6.07) is 16.5. The molecule has 2 N–H and O–H groups in total. The number of anilines is 2. The van der Waals surface area contributed by atoms with Crippen molar-refractivity contribution < 1.29 is 38.2 Å². The van der Waals surface area contributed by atoms with Crippen LogP contribution >= 0.6 is 0 Å². The van der Waals surface area contributed by atoms with Crippen LogP contribution in [0.2, 0.25) is 0 Å². The summed E-state index contributed by atoms with van der Waals surface area (Å²) >= 11 is 0. The molecule has 40 heavy (non-hydrogen) atoms. The van der Waals surface area contributed by atoms with Crippen LogP contribution in [0.3, 0.4) is 0 Å². The third kappa shape index (κ3) is 6.16. The lowest BCUT2D eigenvalue weighted by atomic mass is 10.1. The summed E-state index contributed by atoms with van der Waals surface area (Å²) in [5.41, 5.74) is 1.87. The van der Waals surface area contributed by atoms with E-state index in [0.717, 1.165) is 10.5 Å². The zero-order valence-electron chi connectivity index (χ0n) is 21.8. The predicted molar refractivity (Wildman–Crippen MR) is 145 cm³/mol. The zero-order chi connectivity index (χ0) is 28.8. The maximum Gasteiger partial charge on any atom is 0.337 e. The molecule has 1 aliphatic heterocycles. The zero-order valence-corrected chi connectivity index (χ0v) is 21.8. The van der Waals surface area contributed by atoms with Gasteiger partial charge in [-0.15, -0.1) is 0 Å². The summed E-state index contributed by atoms with van der Waals surface area (Å²) in [6.45, 7) is 1.53. The summed E-state index contributed by atoms with van der Waals surface area (Å²) in [4.78, 5) is 63.5. The van der Waals surface area contributed by atoms with E-state index in [1.807, 2.05) is 25.1 Å². The van der Waals surface area contributed by atoms with E-state index in [9.17, 15) is 24.0 Å². The van der Waals surface area contributed by atoms with E-state index in [-0.39, 0.29) is 34.7 Å². The number of esters is 1. The van der Waals surface area contributed by atoms with Gasteiger partial charge >= 0.3 is 12.0 Å². The van der Waals surface area contributed by atoms with Crippen LogP contribution in [0.1, 0.15) is 21.5 Å². The molecule has 0 saturated carbocycles. The number of aryl methyl sites for hydroxylation is 1. The van der Waals surface area contributed by atoms with Crippen molar-refractivity contribution in [2.75, 3.05) is 31.0 Å². The molecule has 4 rings (SSSR count). The highest BCUT2D eigenvalue weighted by molar-refractivity contribution is 6.39. The van der Waals surface area contributed by atoms with Crippen molar-refractivity contribution in [3.8, 4) is 11.5 Å². The Morgan fingerprint density at radius 1 is 0.975 bits per heavy atom. The molecule has 11 nitrogen and oxygen atoms in total. The number of ether oxygens (including phenoxy) is 3. The average molecular weight is 544 g/mol. The Balaban J connectivity index is 1.59. The minimum absolute atomic E-state index is 0.132. The minimum atomic E-state index is -0.947. The van der Waals surface area contributed by atoms with Crippen LogP contribution in [-0.2, 0) is 19.1 Å². The van der Waals surface area contributed by atoms with Gasteiger partial charge in [-0.3, -0.25) is 19.7 Å². The Bertz CT molecular complexity index is 1530. The molecule has 3 aromatic rings. The number of hydrogen-bond donors (Lipinski definition) is 2. The number of imide groups is 2. The molecule has 0 radical (unpaired) electrons. The van der Waals surface area contributed by atoms with Gasteiger partial charge in [-0.2, -0.15) is 0 Å². The van der Waals surface area contributed by atoms with Crippen LogP contribution in [0.4, 0.5) is 16.2 Å². The van der Waals surface area contributed by atoms with E-state index in [1.54, 1.807) is 18.2 Å². The van der Waals surface area contributed by atoms with Crippen molar-refractivity contribution in [3.05, 3.63) is 89.0 Å². The molecule has 0 aliphatic carbocycles. The van der Waals surface area contributed by atoms with Gasteiger partial charge in [0.15, 0.2) is 6.61 Å². The number of nitrogens with zero attached hydrogens (tertiary/aromatic N) is 1. The second kappa shape index (κ2) is 11.9. The quantitative estimate of drug-likeness (QED) is 0.250. The fraction of sp³-hybridized carbons (Fsp3) is 0.138. The number of hydrogen-bond acceptors (Lipinski definition) is 8. The average Bonchev–Trinajstić information content (AvgIpc) is 2.94. The topological polar surface area (TPSA) is 140 Å². The van der Waals surface area contributed by atoms with Gasteiger partial charge in [0.25, 0.3) is 17.7 Å². The van der Waals surface area contributed by atoms with Gasteiger partial charge in [0.05, 0.1) is 25.5 Å². The first-order valence-corrected chi connectivity index (χ1v) is 12.0. The monoisotopic (exact) mass is 543 g/mol. The minimum Gasteiger partial charge on any atom is -0.497 e. The molecule has 0 spiro atoms. The van der Waals surface area contributed by atoms with Crippen LogP contribution in [0.5, 0.6) is 11.5 Å². The molecule has 0 unspecified atom stereocenters. The van der Waals surface area contributed by atoms with Crippen LogP contribution < -0.4 is 25.0 Å². The van der Waals surface area contributed by atoms with E-state index < -0.39 is 29.7 Å². The normalized spacial score (nSPS) is 14.0. The van der Waals surface area contributed by atoms with Gasteiger partial charge in [-0.25, -0.2) is 14.5 Å². The molecule has 0 aromatic heterocycles. The Kier molecular flexibility index (Phi) is 8.24. The van der Waals surface area contributed by atoms with Crippen molar-refractivity contribution in [2.24, 2.45) is 0 Å². The molecular weight excluding hydrogens is 518 g/mol. The van der Waals surface area contributed by atoms with Gasteiger partial charge in [-0.05, 0) is 67.1 Å². The highest BCUT2D eigenvalue weighted by Gasteiger charge is 2.37. The molecule has 5 amide bonds.